The first-order valence-corrected chi connectivity index (χ1v) is 14.2. The third-order valence-electron chi connectivity index (χ3n) is 7.69. The van der Waals surface area contributed by atoms with Crippen LogP contribution in [0.5, 0.6) is 0 Å². The molecule has 7 heteroatoms. The molecule has 0 bridgehead atoms. The first-order chi connectivity index (χ1) is 19.3. The van der Waals surface area contributed by atoms with E-state index in [1.54, 1.807) is 18.2 Å². The van der Waals surface area contributed by atoms with Crippen LogP contribution in [0.2, 0.25) is 5.02 Å². The summed E-state index contributed by atoms with van der Waals surface area (Å²) in [6, 6.07) is 27.6. The minimum absolute atomic E-state index is 0.0173. The highest BCUT2D eigenvalue weighted by atomic mass is 35.5. The van der Waals surface area contributed by atoms with Gasteiger partial charge in [0.05, 0.1) is 6.04 Å². The zero-order valence-electron chi connectivity index (χ0n) is 23.2. The van der Waals surface area contributed by atoms with Crippen LogP contribution in [0.15, 0.2) is 91.0 Å². The lowest BCUT2D eigenvalue weighted by Crippen LogP contribution is -2.54. The van der Waals surface area contributed by atoms with Gasteiger partial charge >= 0.3 is 0 Å². The highest BCUT2D eigenvalue weighted by Crippen LogP contribution is 2.29. The Morgan fingerprint density at radius 1 is 1.05 bits per heavy atom. The molecule has 0 radical (unpaired) electrons. The summed E-state index contributed by atoms with van der Waals surface area (Å²) >= 11 is 5.97. The van der Waals surface area contributed by atoms with Gasteiger partial charge in [-0.3, -0.25) is 9.59 Å². The van der Waals surface area contributed by atoms with E-state index in [1.807, 2.05) is 67.3 Å². The Kier molecular flexibility index (Phi) is 10.2. The fourth-order valence-electron chi connectivity index (χ4n) is 5.25. The Morgan fingerprint density at radius 2 is 1.65 bits per heavy atom. The van der Waals surface area contributed by atoms with E-state index in [0.717, 1.165) is 16.7 Å². The number of rotatable bonds is 10. The molecule has 4 rings (SSSR count). The molecule has 0 aliphatic carbocycles. The van der Waals surface area contributed by atoms with Crippen LogP contribution >= 0.6 is 11.6 Å². The lowest BCUT2D eigenvalue weighted by molar-refractivity contribution is -0.133. The fraction of sp³-hybridized carbons (Fsp3) is 0.333. The van der Waals surface area contributed by atoms with Crippen molar-refractivity contribution in [1.82, 2.24) is 15.5 Å². The van der Waals surface area contributed by atoms with E-state index in [-0.39, 0.29) is 29.7 Å². The van der Waals surface area contributed by atoms with Gasteiger partial charge in [-0.1, -0.05) is 84.4 Å². The minimum Gasteiger partial charge on any atom is -0.347 e. The van der Waals surface area contributed by atoms with Crippen LogP contribution in [0.1, 0.15) is 42.9 Å². The lowest BCUT2D eigenvalue weighted by Gasteiger charge is -2.37. The van der Waals surface area contributed by atoms with Crippen molar-refractivity contribution in [3.05, 3.63) is 113 Å². The third kappa shape index (κ3) is 7.81. The number of carbonyl (C=O) groups is 2. The van der Waals surface area contributed by atoms with Crippen LogP contribution in [0.3, 0.4) is 0 Å². The van der Waals surface area contributed by atoms with E-state index < -0.39 is 5.54 Å². The lowest BCUT2D eigenvalue weighted by atomic mass is 9.85. The van der Waals surface area contributed by atoms with Gasteiger partial charge in [0.2, 0.25) is 11.8 Å². The molecule has 40 heavy (non-hydrogen) atoms. The number of hydrogen-bond donors (Lipinski definition) is 3. The van der Waals surface area contributed by atoms with E-state index >= 15 is 0 Å². The molecule has 2 atom stereocenters. The van der Waals surface area contributed by atoms with Crippen LogP contribution in [-0.2, 0) is 9.59 Å². The number of hydrogen-bond acceptors (Lipinski definition) is 4. The van der Waals surface area contributed by atoms with Crippen molar-refractivity contribution >= 4 is 29.5 Å². The Labute approximate surface area is 242 Å². The van der Waals surface area contributed by atoms with Gasteiger partial charge in [0.25, 0.3) is 0 Å². The second kappa shape index (κ2) is 13.8. The van der Waals surface area contributed by atoms with Crippen LogP contribution in [0, 0.1) is 5.92 Å². The van der Waals surface area contributed by atoms with E-state index in [2.05, 4.69) is 34.9 Å². The predicted molar refractivity (Wildman–Crippen MR) is 163 cm³/mol. The number of nitrogens with one attached hydrogen (secondary N) is 2. The summed E-state index contributed by atoms with van der Waals surface area (Å²) in [4.78, 5) is 28.7. The highest BCUT2D eigenvalue weighted by molar-refractivity contribution is 6.30. The normalized spacial score (nSPS) is 18.2. The second-order valence-corrected chi connectivity index (χ2v) is 11.4. The maximum atomic E-state index is 13.8. The molecule has 3 aromatic carbocycles. The van der Waals surface area contributed by atoms with Crippen molar-refractivity contribution in [3.8, 4) is 0 Å². The number of benzene rings is 3. The number of carbonyl (C=O) groups excluding carboxylic acids is 2. The van der Waals surface area contributed by atoms with Gasteiger partial charge in [-0.2, -0.15) is 0 Å². The number of amides is 2. The minimum atomic E-state index is -0.584. The maximum Gasteiger partial charge on any atom is 0.244 e. The van der Waals surface area contributed by atoms with Crippen molar-refractivity contribution in [2.75, 3.05) is 26.2 Å². The molecule has 1 aliphatic rings. The number of nitrogens with zero attached hydrogens (tertiary/aromatic N) is 1. The number of nitrogens with two attached hydrogens (primary N) is 1. The standard InChI is InChI=1S/C33H39ClN4O2/c1-33(2,37-31(39)18-15-24-13-16-28(34)17-14-24)27-21-36-30(19-20-35)32(40)38(22-27)23-29(25-9-5-3-6-10-25)26-11-7-4-8-12-26/h3-18,27,29-30,36H,19-23,35H2,1-2H3,(H,37,39)/b18-15+/t27-,30-/m0/s1. The second-order valence-electron chi connectivity index (χ2n) is 10.9. The van der Waals surface area contributed by atoms with Gasteiger partial charge in [-0.25, -0.2) is 0 Å². The Balaban J connectivity index is 1.56. The van der Waals surface area contributed by atoms with Crippen LogP contribution in [0.25, 0.3) is 6.08 Å². The van der Waals surface area contributed by atoms with E-state index in [4.69, 9.17) is 17.3 Å². The van der Waals surface area contributed by atoms with Gasteiger partial charge in [0, 0.05) is 48.1 Å². The average molecular weight is 559 g/mol. The summed E-state index contributed by atoms with van der Waals surface area (Å²) in [7, 11) is 0. The van der Waals surface area contributed by atoms with Gasteiger partial charge in [0.1, 0.15) is 0 Å². The smallest absolute Gasteiger partial charge is 0.244 e. The van der Waals surface area contributed by atoms with Crippen molar-refractivity contribution in [1.29, 1.82) is 0 Å². The summed E-state index contributed by atoms with van der Waals surface area (Å²) in [5, 5.41) is 7.28. The molecule has 1 heterocycles. The summed E-state index contributed by atoms with van der Waals surface area (Å²) in [5.41, 5.74) is 8.52. The van der Waals surface area contributed by atoms with Gasteiger partial charge in [-0.15, -0.1) is 0 Å². The fourth-order valence-corrected chi connectivity index (χ4v) is 5.38. The molecule has 210 valence electrons. The molecular formula is C33H39ClN4O2. The molecule has 6 nitrogen and oxygen atoms in total. The molecular weight excluding hydrogens is 520 g/mol. The Morgan fingerprint density at radius 3 is 2.23 bits per heavy atom. The largest absolute Gasteiger partial charge is 0.347 e. The highest BCUT2D eigenvalue weighted by Gasteiger charge is 2.39. The zero-order valence-corrected chi connectivity index (χ0v) is 24.0. The van der Waals surface area contributed by atoms with Crippen LogP contribution in [0.4, 0.5) is 0 Å². The maximum absolute atomic E-state index is 13.8. The van der Waals surface area contributed by atoms with Crippen LogP contribution in [-0.4, -0.2) is 54.5 Å². The molecule has 4 N–H and O–H groups in total. The van der Waals surface area contributed by atoms with Crippen molar-refractivity contribution in [2.45, 2.75) is 37.8 Å². The summed E-state index contributed by atoms with van der Waals surface area (Å²) < 4.78 is 0. The van der Waals surface area contributed by atoms with Gasteiger partial charge in [0.15, 0.2) is 0 Å². The predicted octanol–water partition coefficient (Wildman–Crippen LogP) is 4.85. The SMILES string of the molecule is CC(C)(NC(=O)/C=C/c1ccc(Cl)cc1)[C@H]1CN[C@@H](CCN)C(=O)N(CC(c2ccccc2)c2ccccc2)C1. The molecule has 0 aromatic heterocycles. The first kappa shape index (κ1) is 29.5. The first-order valence-electron chi connectivity index (χ1n) is 13.8. The molecule has 1 fully saturated rings. The van der Waals surface area contributed by atoms with Gasteiger partial charge in [-0.05, 0) is 61.7 Å². The van der Waals surface area contributed by atoms with E-state index in [1.165, 1.54) is 6.08 Å². The molecule has 2 amide bonds. The van der Waals surface area contributed by atoms with Crippen molar-refractivity contribution in [2.24, 2.45) is 11.7 Å². The molecule has 0 saturated carbocycles. The molecule has 1 saturated heterocycles. The monoisotopic (exact) mass is 558 g/mol. The molecule has 3 aromatic rings. The van der Waals surface area contributed by atoms with Crippen molar-refractivity contribution in [3.63, 3.8) is 0 Å². The number of halogens is 1. The summed E-state index contributed by atoms with van der Waals surface area (Å²) in [6.45, 7) is 6.08. The van der Waals surface area contributed by atoms with Crippen LogP contribution < -0.4 is 16.4 Å². The molecule has 0 unspecified atom stereocenters. The summed E-state index contributed by atoms with van der Waals surface area (Å²) in [5.74, 6) is -0.149. The molecule has 0 spiro atoms. The third-order valence-corrected chi connectivity index (χ3v) is 7.94. The van der Waals surface area contributed by atoms with Gasteiger partial charge < -0.3 is 21.3 Å². The Bertz CT molecular complexity index is 1240. The quantitative estimate of drug-likeness (QED) is 0.311. The van der Waals surface area contributed by atoms with Crippen molar-refractivity contribution < 1.29 is 9.59 Å². The topological polar surface area (TPSA) is 87.5 Å². The molecule has 1 aliphatic heterocycles. The zero-order chi connectivity index (χ0) is 28.5. The van der Waals surface area contributed by atoms with E-state index in [9.17, 15) is 9.59 Å². The average Bonchev–Trinajstić information content (AvgIpc) is 3.11. The van der Waals surface area contributed by atoms with E-state index in [0.29, 0.717) is 37.6 Å². The summed E-state index contributed by atoms with van der Waals surface area (Å²) in [6.07, 6.45) is 3.86. The Hall–Kier alpha value is -3.45.